The lowest BCUT2D eigenvalue weighted by Gasteiger charge is -2.52. The third-order valence-electron chi connectivity index (χ3n) is 5.36. The number of rotatable bonds is 4. The highest BCUT2D eigenvalue weighted by Crippen LogP contribution is 2.42. The lowest BCUT2D eigenvalue weighted by Crippen LogP contribution is -2.60. The molecule has 0 aromatic carbocycles. The summed E-state index contributed by atoms with van der Waals surface area (Å²) < 4.78 is 0. The molecule has 2 unspecified atom stereocenters. The minimum Gasteiger partial charge on any atom is -0.329 e. The van der Waals surface area contributed by atoms with Crippen molar-refractivity contribution < 1.29 is 0 Å². The highest BCUT2D eigenvalue weighted by atomic mass is 15.2. The second-order valence-corrected chi connectivity index (χ2v) is 7.01. The molecule has 0 aromatic heterocycles. The molecule has 0 saturated heterocycles. The van der Waals surface area contributed by atoms with Gasteiger partial charge in [0.2, 0.25) is 0 Å². The molecule has 2 aliphatic carbocycles. The maximum atomic E-state index is 6.27. The van der Waals surface area contributed by atoms with Gasteiger partial charge in [-0.2, -0.15) is 0 Å². The molecule has 0 aromatic rings. The lowest BCUT2D eigenvalue weighted by atomic mass is 9.70. The van der Waals surface area contributed by atoms with Gasteiger partial charge in [0.1, 0.15) is 0 Å². The summed E-state index contributed by atoms with van der Waals surface area (Å²) >= 11 is 0. The van der Waals surface area contributed by atoms with E-state index in [0.29, 0.717) is 5.54 Å². The zero-order valence-electron chi connectivity index (χ0n) is 12.6. The van der Waals surface area contributed by atoms with E-state index in [0.717, 1.165) is 24.4 Å². The molecule has 18 heavy (non-hydrogen) atoms. The molecule has 0 amide bonds. The van der Waals surface area contributed by atoms with E-state index in [1.54, 1.807) is 0 Å². The van der Waals surface area contributed by atoms with Crippen LogP contribution in [-0.2, 0) is 0 Å². The summed E-state index contributed by atoms with van der Waals surface area (Å²) in [6.07, 6.45) is 9.68. The minimum atomic E-state index is 0.306. The Balaban J connectivity index is 2.17. The maximum Gasteiger partial charge on any atom is 0.0339 e. The molecule has 0 heterocycles. The Kier molecular flexibility index (Phi) is 4.71. The molecule has 0 spiro atoms. The summed E-state index contributed by atoms with van der Waals surface area (Å²) in [4.78, 5) is 2.80. The quantitative estimate of drug-likeness (QED) is 0.831. The van der Waals surface area contributed by atoms with E-state index in [1.807, 2.05) is 0 Å². The van der Waals surface area contributed by atoms with Crippen molar-refractivity contribution in [2.45, 2.75) is 77.3 Å². The van der Waals surface area contributed by atoms with Gasteiger partial charge in [0.25, 0.3) is 0 Å². The molecule has 2 atom stereocenters. The van der Waals surface area contributed by atoms with Crippen LogP contribution < -0.4 is 5.73 Å². The van der Waals surface area contributed by atoms with Crippen molar-refractivity contribution in [1.82, 2.24) is 4.90 Å². The zero-order chi connectivity index (χ0) is 13.2. The van der Waals surface area contributed by atoms with Gasteiger partial charge >= 0.3 is 0 Å². The summed E-state index contributed by atoms with van der Waals surface area (Å²) in [5.74, 6) is 1.68. The van der Waals surface area contributed by atoms with E-state index in [9.17, 15) is 0 Å². The largest absolute Gasteiger partial charge is 0.329 e. The predicted octanol–water partition coefficient (Wildman–Crippen LogP) is 3.40. The third kappa shape index (κ3) is 2.75. The molecular weight excluding hydrogens is 220 g/mol. The molecule has 2 fully saturated rings. The van der Waals surface area contributed by atoms with Gasteiger partial charge in [-0.3, -0.25) is 4.90 Å². The molecule has 2 saturated carbocycles. The molecular formula is C16H32N2. The first kappa shape index (κ1) is 14.3. The van der Waals surface area contributed by atoms with Gasteiger partial charge in [0.15, 0.2) is 0 Å². The van der Waals surface area contributed by atoms with Crippen LogP contribution in [0.4, 0.5) is 0 Å². The first-order valence-electron chi connectivity index (χ1n) is 8.08. The minimum absolute atomic E-state index is 0.306. The summed E-state index contributed by atoms with van der Waals surface area (Å²) in [6, 6.07) is 0.816. The van der Waals surface area contributed by atoms with E-state index in [2.05, 4.69) is 25.7 Å². The smallest absolute Gasteiger partial charge is 0.0339 e. The predicted molar refractivity (Wildman–Crippen MR) is 78.6 cm³/mol. The van der Waals surface area contributed by atoms with Gasteiger partial charge in [-0.05, 0) is 50.5 Å². The van der Waals surface area contributed by atoms with E-state index >= 15 is 0 Å². The molecule has 106 valence electrons. The number of nitrogens with two attached hydrogens (primary N) is 1. The Labute approximate surface area is 113 Å². The fourth-order valence-electron chi connectivity index (χ4n) is 4.95. The van der Waals surface area contributed by atoms with E-state index in [-0.39, 0.29) is 0 Å². The topological polar surface area (TPSA) is 29.3 Å². The normalized spacial score (nSPS) is 38.5. The average Bonchev–Trinajstić information content (AvgIpc) is 2.82. The van der Waals surface area contributed by atoms with Crippen molar-refractivity contribution in [2.24, 2.45) is 17.6 Å². The molecule has 2 nitrogen and oxygen atoms in total. The van der Waals surface area contributed by atoms with Crippen molar-refractivity contribution in [2.75, 3.05) is 13.1 Å². The van der Waals surface area contributed by atoms with Gasteiger partial charge in [-0.15, -0.1) is 0 Å². The standard InChI is InChI=1S/C16H32N2/c1-4-18(15-7-5-6-8-15)16(12-17)10-13(2)9-14(3)11-16/h13-15H,4-12,17H2,1-3H3. The Morgan fingerprint density at radius 1 is 1.11 bits per heavy atom. The van der Waals surface area contributed by atoms with Crippen LogP contribution in [0.25, 0.3) is 0 Å². The van der Waals surface area contributed by atoms with Gasteiger partial charge in [0, 0.05) is 18.1 Å². The summed E-state index contributed by atoms with van der Waals surface area (Å²) in [5, 5.41) is 0. The monoisotopic (exact) mass is 252 g/mol. The van der Waals surface area contributed by atoms with Crippen LogP contribution in [0, 0.1) is 11.8 Å². The highest BCUT2D eigenvalue weighted by molar-refractivity contribution is 5.00. The fraction of sp³-hybridized carbons (Fsp3) is 1.00. The molecule has 0 bridgehead atoms. The van der Waals surface area contributed by atoms with Crippen LogP contribution in [0.5, 0.6) is 0 Å². The Bertz CT molecular complexity index is 248. The molecule has 2 aliphatic rings. The van der Waals surface area contributed by atoms with Crippen LogP contribution in [0.15, 0.2) is 0 Å². The number of nitrogens with zero attached hydrogens (tertiary/aromatic N) is 1. The van der Waals surface area contributed by atoms with Crippen molar-refractivity contribution >= 4 is 0 Å². The molecule has 2 rings (SSSR count). The Morgan fingerprint density at radius 2 is 1.67 bits per heavy atom. The van der Waals surface area contributed by atoms with Crippen molar-refractivity contribution in [1.29, 1.82) is 0 Å². The highest BCUT2D eigenvalue weighted by Gasteiger charge is 2.43. The SMILES string of the molecule is CCN(C1CCCC1)C1(CN)CC(C)CC(C)C1. The van der Waals surface area contributed by atoms with E-state index in [4.69, 9.17) is 5.73 Å². The average molecular weight is 252 g/mol. The van der Waals surface area contributed by atoms with Gasteiger partial charge in [-0.1, -0.05) is 33.6 Å². The fourth-order valence-corrected chi connectivity index (χ4v) is 4.95. The zero-order valence-corrected chi connectivity index (χ0v) is 12.6. The van der Waals surface area contributed by atoms with E-state index in [1.165, 1.54) is 51.5 Å². The maximum absolute atomic E-state index is 6.27. The van der Waals surface area contributed by atoms with Crippen LogP contribution >= 0.6 is 0 Å². The second kappa shape index (κ2) is 5.92. The molecule has 0 radical (unpaired) electrons. The first-order chi connectivity index (χ1) is 8.61. The van der Waals surface area contributed by atoms with Gasteiger partial charge in [-0.25, -0.2) is 0 Å². The number of hydrogen-bond donors (Lipinski definition) is 1. The number of likely N-dealkylation sites (N-methyl/N-ethyl adjacent to an activating group) is 1. The Morgan fingerprint density at radius 3 is 2.11 bits per heavy atom. The summed E-state index contributed by atoms with van der Waals surface area (Å²) in [6.45, 7) is 9.21. The Hall–Kier alpha value is -0.0800. The molecule has 2 heteroatoms. The van der Waals surface area contributed by atoms with Crippen LogP contribution in [0.3, 0.4) is 0 Å². The van der Waals surface area contributed by atoms with E-state index < -0.39 is 0 Å². The van der Waals surface area contributed by atoms with Crippen molar-refractivity contribution in [3.63, 3.8) is 0 Å². The summed E-state index contributed by atoms with van der Waals surface area (Å²) in [7, 11) is 0. The van der Waals surface area contributed by atoms with Gasteiger partial charge in [0.05, 0.1) is 0 Å². The first-order valence-corrected chi connectivity index (χ1v) is 8.08. The van der Waals surface area contributed by atoms with Crippen LogP contribution in [0.2, 0.25) is 0 Å². The molecule has 2 N–H and O–H groups in total. The van der Waals surface area contributed by atoms with Crippen molar-refractivity contribution in [3.8, 4) is 0 Å². The summed E-state index contributed by atoms with van der Waals surface area (Å²) in [5.41, 5.74) is 6.57. The third-order valence-corrected chi connectivity index (χ3v) is 5.36. The van der Waals surface area contributed by atoms with Crippen LogP contribution in [0.1, 0.15) is 65.7 Å². The molecule has 0 aliphatic heterocycles. The van der Waals surface area contributed by atoms with Gasteiger partial charge < -0.3 is 5.73 Å². The second-order valence-electron chi connectivity index (χ2n) is 7.01. The number of hydrogen-bond acceptors (Lipinski definition) is 2. The lowest BCUT2D eigenvalue weighted by molar-refractivity contribution is -0.00607. The van der Waals surface area contributed by atoms with Crippen LogP contribution in [-0.4, -0.2) is 29.6 Å². The van der Waals surface area contributed by atoms with Crippen molar-refractivity contribution in [3.05, 3.63) is 0 Å².